The number of rotatable bonds is 8. The van der Waals surface area contributed by atoms with Gasteiger partial charge in [-0.3, -0.25) is 19.7 Å². The number of esters is 1. The Bertz CT molecular complexity index is 889. The van der Waals surface area contributed by atoms with Gasteiger partial charge in [0.15, 0.2) is 6.61 Å². The summed E-state index contributed by atoms with van der Waals surface area (Å²) in [6.07, 6.45) is 0. The van der Waals surface area contributed by atoms with Gasteiger partial charge in [-0.2, -0.15) is 0 Å². The van der Waals surface area contributed by atoms with Crippen molar-refractivity contribution in [3.05, 3.63) is 69.8 Å². The molecule has 0 aromatic heterocycles. The van der Waals surface area contributed by atoms with E-state index >= 15 is 0 Å². The van der Waals surface area contributed by atoms with E-state index in [0.29, 0.717) is 24.3 Å². The second-order valence-corrected chi connectivity index (χ2v) is 5.98. The van der Waals surface area contributed by atoms with E-state index in [9.17, 15) is 24.5 Å². The average molecular weight is 399 g/mol. The molecule has 2 aromatic carbocycles. The maximum Gasteiger partial charge on any atom is 0.338 e. The average Bonchev–Trinajstić information content (AvgIpc) is 2.73. The number of hydrogen-bond donors (Lipinski definition) is 1. The van der Waals surface area contributed by atoms with Crippen molar-refractivity contribution in [1.82, 2.24) is 4.90 Å². The molecule has 0 saturated carbocycles. The first-order valence-electron chi connectivity index (χ1n) is 8.96. The number of carbonyl (C=O) groups excluding carboxylic acids is 3. The highest BCUT2D eigenvalue weighted by Gasteiger charge is 2.14. The molecule has 152 valence electrons. The van der Waals surface area contributed by atoms with Crippen LogP contribution < -0.4 is 5.32 Å². The predicted octanol–water partition coefficient (Wildman–Crippen LogP) is 2.87. The van der Waals surface area contributed by atoms with Crippen molar-refractivity contribution in [3.8, 4) is 0 Å². The van der Waals surface area contributed by atoms with Gasteiger partial charge in [-0.25, -0.2) is 4.79 Å². The first-order chi connectivity index (χ1) is 13.8. The van der Waals surface area contributed by atoms with Gasteiger partial charge in [0.1, 0.15) is 0 Å². The Labute approximate surface area is 167 Å². The summed E-state index contributed by atoms with van der Waals surface area (Å²) in [6, 6.07) is 11.3. The molecule has 0 aliphatic heterocycles. The molecule has 0 heterocycles. The third-order valence-corrected chi connectivity index (χ3v) is 4.11. The molecule has 29 heavy (non-hydrogen) atoms. The molecule has 2 amide bonds. The lowest BCUT2D eigenvalue weighted by Gasteiger charge is -2.18. The highest BCUT2D eigenvalue weighted by Crippen LogP contribution is 2.14. The standard InChI is InChI=1S/C20H21N3O6/c1-3-22(4-2)19(25)14-5-9-16(10-6-14)21-18(24)13-29-20(26)15-7-11-17(12-8-15)23(27)28/h5-12H,3-4,13H2,1-2H3,(H,21,24). The Hall–Kier alpha value is -3.75. The molecule has 0 saturated heterocycles. The molecule has 2 rings (SSSR count). The number of amides is 2. The Balaban J connectivity index is 1.88. The molecular formula is C20H21N3O6. The number of nitro groups is 1. The largest absolute Gasteiger partial charge is 0.452 e. The smallest absolute Gasteiger partial charge is 0.338 e. The lowest BCUT2D eigenvalue weighted by molar-refractivity contribution is -0.384. The molecule has 0 atom stereocenters. The third kappa shape index (κ3) is 5.86. The minimum absolute atomic E-state index is 0.0927. The van der Waals surface area contributed by atoms with Crippen LogP contribution in [-0.4, -0.2) is 47.3 Å². The number of nitrogens with zero attached hydrogens (tertiary/aromatic N) is 2. The van der Waals surface area contributed by atoms with Gasteiger partial charge >= 0.3 is 5.97 Å². The number of carbonyl (C=O) groups is 3. The topological polar surface area (TPSA) is 119 Å². The summed E-state index contributed by atoms with van der Waals surface area (Å²) in [5, 5.41) is 13.2. The first-order valence-corrected chi connectivity index (χ1v) is 8.96. The number of hydrogen-bond acceptors (Lipinski definition) is 6. The summed E-state index contributed by atoms with van der Waals surface area (Å²) < 4.78 is 4.90. The summed E-state index contributed by atoms with van der Waals surface area (Å²) in [4.78, 5) is 47.8. The second-order valence-electron chi connectivity index (χ2n) is 5.98. The van der Waals surface area contributed by atoms with Crippen molar-refractivity contribution in [2.24, 2.45) is 0 Å². The summed E-state index contributed by atoms with van der Waals surface area (Å²) in [5.74, 6) is -1.41. The SMILES string of the molecule is CCN(CC)C(=O)c1ccc(NC(=O)COC(=O)c2ccc([N+](=O)[O-])cc2)cc1. The molecule has 0 unspecified atom stereocenters. The molecule has 2 aromatic rings. The van der Waals surface area contributed by atoms with Gasteiger partial charge in [0.2, 0.25) is 0 Å². The summed E-state index contributed by atoms with van der Waals surface area (Å²) in [5.41, 5.74) is 0.915. The maximum atomic E-state index is 12.3. The van der Waals surface area contributed by atoms with Crippen LogP contribution in [0.25, 0.3) is 0 Å². The van der Waals surface area contributed by atoms with E-state index in [-0.39, 0.29) is 17.2 Å². The second kappa shape index (κ2) is 9.98. The molecule has 9 heteroatoms. The van der Waals surface area contributed by atoms with E-state index in [2.05, 4.69) is 5.32 Å². The highest BCUT2D eigenvalue weighted by atomic mass is 16.6. The zero-order valence-electron chi connectivity index (χ0n) is 16.1. The number of anilines is 1. The van der Waals surface area contributed by atoms with Crippen LogP contribution in [0.1, 0.15) is 34.6 Å². The van der Waals surface area contributed by atoms with Crippen LogP contribution in [0.2, 0.25) is 0 Å². The minimum atomic E-state index is -0.768. The number of ether oxygens (including phenoxy) is 1. The Morgan fingerprint density at radius 3 is 2.03 bits per heavy atom. The summed E-state index contributed by atoms with van der Waals surface area (Å²) in [6.45, 7) is 4.49. The van der Waals surface area contributed by atoms with Crippen LogP contribution in [0, 0.1) is 10.1 Å². The lowest BCUT2D eigenvalue weighted by Crippen LogP contribution is -2.30. The van der Waals surface area contributed by atoms with Crippen molar-refractivity contribution < 1.29 is 24.0 Å². The van der Waals surface area contributed by atoms with Crippen molar-refractivity contribution in [1.29, 1.82) is 0 Å². The zero-order valence-corrected chi connectivity index (χ0v) is 16.1. The van der Waals surface area contributed by atoms with Crippen molar-refractivity contribution in [2.45, 2.75) is 13.8 Å². The van der Waals surface area contributed by atoms with Crippen LogP contribution in [0.5, 0.6) is 0 Å². The maximum absolute atomic E-state index is 12.3. The molecule has 0 fully saturated rings. The lowest BCUT2D eigenvalue weighted by atomic mass is 10.2. The van der Waals surface area contributed by atoms with Gasteiger partial charge in [-0.1, -0.05) is 0 Å². The van der Waals surface area contributed by atoms with Crippen LogP contribution >= 0.6 is 0 Å². The molecule has 0 aliphatic rings. The zero-order chi connectivity index (χ0) is 21.4. The van der Waals surface area contributed by atoms with Gasteiger partial charge in [-0.15, -0.1) is 0 Å². The molecule has 9 nitrogen and oxygen atoms in total. The monoisotopic (exact) mass is 399 g/mol. The predicted molar refractivity (Wildman–Crippen MR) is 106 cm³/mol. The first kappa shape index (κ1) is 21.5. The fraction of sp³-hybridized carbons (Fsp3) is 0.250. The number of nitrogens with one attached hydrogen (secondary N) is 1. The van der Waals surface area contributed by atoms with Gasteiger partial charge in [0, 0.05) is 36.5 Å². The van der Waals surface area contributed by atoms with Crippen molar-refractivity contribution in [2.75, 3.05) is 25.0 Å². The Morgan fingerprint density at radius 2 is 1.52 bits per heavy atom. The number of benzene rings is 2. The van der Waals surface area contributed by atoms with E-state index in [4.69, 9.17) is 4.74 Å². The van der Waals surface area contributed by atoms with E-state index in [0.717, 1.165) is 0 Å². The van der Waals surface area contributed by atoms with Crippen LogP contribution in [0.15, 0.2) is 48.5 Å². The molecule has 1 N–H and O–H groups in total. The summed E-state index contributed by atoms with van der Waals surface area (Å²) >= 11 is 0. The van der Waals surface area contributed by atoms with Crippen molar-refractivity contribution >= 4 is 29.2 Å². The molecule has 0 spiro atoms. The van der Waals surface area contributed by atoms with Gasteiger partial charge in [0.05, 0.1) is 10.5 Å². The molecular weight excluding hydrogens is 378 g/mol. The third-order valence-electron chi connectivity index (χ3n) is 4.11. The van der Waals surface area contributed by atoms with E-state index in [1.807, 2.05) is 13.8 Å². The quantitative estimate of drug-likeness (QED) is 0.414. The Morgan fingerprint density at radius 1 is 0.966 bits per heavy atom. The molecule has 0 radical (unpaired) electrons. The van der Waals surface area contributed by atoms with E-state index in [1.165, 1.54) is 24.3 Å². The fourth-order valence-electron chi connectivity index (χ4n) is 2.52. The minimum Gasteiger partial charge on any atom is -0.452 e. The summed E-state index contributed by atoms with van der Waals surface area (Å²) in [7, 11) is 0. The van der Waals surface area contributed by atoms with Gasteiger partial charge in [-0.05, 0) is 50.2 Å². The highest BCUT2D eigenvalue weighted by molar-refractivity contribution is 5.97. The number of nitro benzene ring substituents is 1. The fourth-order valence-corrected chi connectivity index (χ4v) is 2.52. The molecule has 0 aliphatic carbocycles. The van der Waals surface area contributed by atoms with Crippen LogP contribution in [0.3, 0.4) is 0 Å². The van der Waals surface area contributed by atoms with Crippen LogP contribution in [0.4, 0.5) is 11.4 Å². The van der Waals surface area contributed by atoms with Gasteiger partial charge in [0.25, 0.3) is 17.5 Å². The van der Waals surface area contributed by atoms with Gasteiger partial charge < -0.3 is 15.0 Å². The van der Waals surface area contributed by atoms with E-state index in [1.54, 1.807) is 29.2 Å². The normalized spacial score (nSPS) is 10.1. The van der Waals surface area contributed by atoms with Crippen molar-refractivity contribution in [3.63, 3.8) is 0 Å². The Kier molecular flexibility index (Phi) is 7.41. The van der Waals surface area contributed by atoms with Crippen LogP contribution in [-0.2, 0) is 9.53 Å². The molecule has 0 bridgehead atoms. The van der Waals surface area contributed by atoms with E-state index < -0.39 is 23.4 Å². The number of non-ortho nitro benzene ring substituents is 1.